The molecule has 18 heavy (non-hydrogen) atoms. The van der Waals surface area contributed by atoms with Gasteiger partial charge in [0.1, 0.15) is 5.76 Å². The van der Waals surface area contributed by atoms with Crippen molar-refractivity contribution in [1.82, 2.24) is 0 Å². The standard InChI is InChI=1S/C11H13N3O3S/c12-8-4-9(6-11(5-8)18(13,15)16)14-7-10-2-1-3-17-10/h1-6,14H,7,12H2,(H2,13,15,16). The molecule has 0 spiro atoms. The molecule has 7 heteroatoms. The van der Waals surface area contributed by atoms with E-state index in [1.54, 1.807) is 24.5 Å². The summed E-state index contributed by atoms with van der Waals surface area (Å²) in [5.41, 5.74) is 6.51. The molecule has 1 aromatic carbocycles. The zero-order chi connectivity index (χ0) is 13.2. The summed E-state index contributed by atoms with van der Waals surface area (Å²) >= 11 is 0. The Morgan fingerprint density at radius 3 is 2.67 bits per heavy atom. The number of nitrogens with two attached hydrogens (primary N) is 2. The van der Waals surface area contributed by atoms with Crippen molar-refractivity contribution in [2.75, 3.05) is 11.1 Å². The molecule has 1 aromatic heterocycles. The highest BCUT2D eigenvalue weighted by atomic mass is 32.2. The fourth-order valence-electron chi connectivity index (χ4n) is 1.49. The van der Waals surface area contributed by atoms with Gasteiger partial charge in [-0.05, 0) is 30.3 Å². The topological polar surface area (TPSA) is 111 Å². The molecule has 0 fully saturated rings. The third-order valence-electron chi connectivity index (χ3n) is 2.30. The zero-order valence-corrected chi connectivity index (χ0v) is 10.3. The summed E-state index contributed by atoms with van der Waals surface area (Å²) in [5.74, 6) is 0.731. The molecule has 0 bridgehead atoms. The van der Waals surface area contributed by atoms with Gasteiger partial charge in [-0.25, -0.2) is 13.6 Å². The number of furan rings is 1. The summed E-state index contributed by atoms with van der Waals surface area (Å²) in [7, 11) is -3.76. The van der Waals surface area contributed by atoms with E-state index < -0.39 is 10.0 Å². The van der Waals surface area contributed by atoms with E-state index >= 15 is 0 Å². The Labute approximate surface area is 105 Å². The second kappa shape index (κ2) is 4.71. The van der Waals surface area contributed by atoms with Crippen LogP contribution in [0.5, 0.6) is 0 Å². The van der Waals surface area contributed by atoms with Crippen molar-refractivity contribution < 1.29 is 12.8 Å². The van der Waals surface area contributed by atoms with E-state index in [1.807, 2.05) is 0 Å². The molecule has 96 valence electrons. The second-order valence-corrected chi connectivity index (χ2v) is 5.33. The molecule has 1 heterocycles. The van der Waals surface area contributed by atoms with Crippen molar-refractivity contribution in [3.63, 3.8) is 0 Å². The third kappa shape index (κ3) is 3.02. The van der Waals surface area contributed by atoms with Gasteiger partial charge in [-0.2, -0.15) is 0 Å². The van der Waals surface area contributed by atoms with Gasteiger partial charge in [-0.1, -0.05) is 0 Å². The molecule has 0 unspecified atom stereocenters. The molecule has 2 rings (SSSR count). The lowest BCUT2D eigenvalue weighted by Crippen LogP contribution is -2.13. The first-order valence-corrected chi connectivity index (χ1v) is 6.69. The van der Waals surface area contributed by atoms with Crippen molar-refractivity contribution in [2.45, 2.75) is 11.4 Å². The van der Waals surface area contributed by atoms with Gasteiger partial charge in [0.15, 0.2) is 0 Å². The molecule has 0 aliphatic carbocycles. The Hall–Kier alpha value is -1.99. The van der Waals surface area contributed by atoms with E-state index in [0.29, 0.717) is 17.9 Å². The first-order valence-electron chi connectivity index (χ1n) is 5.15. The van der Waals surface area contributed by atoms with Gasteiger partial charge in [0, 0.05) is 11.4 Å². The normalized spacial score (nSPS) is 11.4. The van der Waals surface area contributed by atoms with Gasteiger partial charge in [-0.15, -0.1) is 0 Å². The van der Waals surface area contributed by atoms with E-state index in [-0.39, 0.29) is 4.90 Å². The number of hydrogen-bond acceptors (Lipinski definition) is 5. The van der Waals surface area contributed by atoms with Crippen LogP contribution in [0.1, 0.15) is 5.76 Å². The fourth-order valence-corrected chi connectivity index (χ4v) is 2.08. The molecule has 0 aliphatic rings. The molecule has 0 saturated carbocycles. The van der Waals surface area contributed by atoms with Gasteiger partial charge in [0.05, 0.1) is 17.7 Å². The largest absolute Gasteiger partial charge is 0.467 e. The van der Waals surface area contributed by atoms with Crippen molar-refractivity contribution >= 4 is 21.4 Å². The minimum absolute atomic E-state index is 0.0237. The molecule has 0 radical (unpaired) electrons. The lowest BCUT2D eigenvalue weighted by atomic mass is 10.3. The predicted octanol–water partition coefficient (Wildman–Crippen LogP) is 1.12. The van der Waals surface area contributed by atoms with Crippen LogP contribution in [0.2, 0.25) is 0 Å². The smallest absolute Gasteiger partial charge is 0.238 e. The monoisotopic (exact) mass is 267 g/mol. The summed E-state index contributed by atoms with van der Waals surface area (Å²) in [6.45, 7) is 0.431. The molecule has 0 saturated heterocycles. The maximum absolute atomic E-state index is 11.2. The number of rotatable bonds is 4. The number of benzene rings is 1. The van der Waals surface area contributed by atoms with E-state index in [1.165, 1.54) is 12.1 Å². The molecule has 6 nitrogen and oxygen atoms in total. The Kier molecular flexibility index (Phi) is 3.26. The Morgan fingerprint density at radius 1 is 1.28 bits per heavy atom. The first kappa shape index (κ1) is 12.5. The fraction of sp³-hybridized carbons (Fsp3) is 0.0909. The summed E-state index contributed by atoms with van der Waals surface area (Å²) in [6.07, 6.45) is 1.56. The number of hydrogen-bond donors (Lipinski definition) is 3. The first-order chi connectivity index (χ1) is 8.45. The van der Waals surface area contributed by atoms with Gasteiger partial charge in [0.25, 0.3) is 0 Å². The highest BCUT2D eigenvalue weighted by Crippen LogP contribution is 2.20. The van der Waals surface area contributed by atoms with Crippen LogP contribution in [-0.2, 0) is 16.6 Å². The van der Waals surface area contributed by atoms with Crippen LogP contribution in [0.25, 0.3) is 0 Å². The quantitative estimate of drug-likeness (QED) is 0.719. The zero-order valence-electron chi connectivity index (χ0n) is 9.46. The molecule has 0 atom stereocenters. The lowest BCUT2D eigenvalue weighted by Gasteiger charge is -2.08. The number of anilines is 2. The predicted molar refractivity (Wildman–Crippen MR) is 68.3 cm³/mol. The van der Waals surface area contributed by atoms with Gasteiger partial charge < -0.3 is 15.5 Å². The van der Waals surface area contributed by atoms with E-state index in [4.69, 9.17) is 15.3 Å². The average Bonchev–Trinajstić information content (AvgIpc) is 2.77. The lowest BCUT2D eigenvalue weighted by molar-refractivity contribution is 0.518. The summed E-state index contributed by atoms with van der Waals surface area (Å²) < 4.78 is 27.6. The van der Waals surface area contributed by atoms with Crippen LogP contribution < -0.4 is 16.2 Å². The van der Waals surface area contributed by atoms with Crippen LogP contribution in [0.15, 0.2) is 45.9 Å². The van der Waals surface area contributed by atoms with Crippen LogP contribution in [0, 0.1) is 0 Å². The molecule has 5 N–H and O–H groups in total. The van der Waals surface area contributed by atoms with Gasteiger partial charge in [-0.3, -0.25) is 0 Å². The summed E-state index contributed by atoms with van der Waals surface area (Å²) in [4.78, 5) is -0.0237. The number of sulfonamides is 1. The number of nitrogen functional groups attached to an aromatic ring is 1. The summed E-state index contributed by atoms with van der Waals surface area (Å²) in [5, 5.41) is 8.06. The van der Waals surface area contributed by atoms with Crippen molar-refractivity contribution in [1.29, 1.82) is 0 Å². The Balaban J connectivity index is 2.21. The Morgan fingerprint density at radius 2 is 2.06 bits per heavy atom. The van der Waals surface area contributed by atoms with Crippen LogP contribution in [0.4, 0.5) is 11.4 Å². The molecule has 2 aromatic rings. The maximum Gasteiger partial charge on any atom is 0.238 e. The number of nitrogens with one attached hydrogen (secondary N) is 1. The Bertz CT molecular complexity index is 636. The minimum atomic E-state index is -3.76. The summed E-state index contributed by atoms with van der Waals surface area (Å²) in [6, 6.07) is 7.94. The number of primary sulfonamides is 1. The average molecular weight is 267 g/mol. The van der Waals surface area contributed by atoms with E-state index in [0.717, 1.165) is 5.76 Å². The van der Waals surface area contributed by atoms with Gasteiger partial charge in [0.2, 0.25) is 10.0 Å². The van der Waals surface area contributed by atoms with E-state index in [2.05, 4.69) is 5.32 Å². The van der Waals surface area contributed by atoms with Gasteiger partial charge >= 0.3 is 0 Å². The van der Waals surface area contributed by atoms with Crippen LogP contribution in [-0.4, -0.2) is 8.42 Å². The van der Waals surface area contributed by atoms with Crippen LogP contribution in [0.3, 0.4) is 0 Å². The molecular formula is C11H13N3O3S. The molecule has 0 aliphatic heterocycles. The van der Waals surface area contributed by atoms with Crippen molar-refractivity contribution in [2.24, 2.45) is 5.14 Å². The van der Waals surface area contributed by atoms with E-state index in [9.17, 15) is 8.42 Å². The molecule has 0 amide bonds. The second-order valence-electron chi connectivity index (χ2n) is 3.77. The SMILES string of the molecule is Nc1cc(NCc2ccco2)cc(S(N)(=O)=O)c1. The van der Waals surface area contributed by atoms with Crippen LogP contribution >= 0.6 is 0 Å². The van der Waals surface area contributed by atoms with Crippen molar-refractivity contribution in [3.8, 4) is 0 Å². The molecular weight excluding hydrogens is 254 g/mol. The van der Waals surface area contributed by atoms with Crippen molar-refractivity contribution in [3.05, 3.63) is 42.4 Å². The highest BCUT2D eigenvalue weighted by molar-refractivity contribution is 7.89. The maximum atomic E-state index is 11.2. The highest BCUT2D eigenvalue weighted by Gasteiger charge is 2.10. The minimum Gasteiger partial charge on any atom is -0.467 e. The third-order valence-corrected chi connectivity index (χ3v) is 3.20.